The molecule has 1 fully saturated rings. The maximum Gasteiger partial charge on any atom is 0.312 e. The number of carboxylic acids is 1. The first kappa shape index (κ1) is 13.3. The second kappa shape index (κ2) is 5.03. The molecule has 0 bridgehead atoms. The van der Waals surface area contributed by atoms with Crippen molar-refractivity contribution in [2.24, 2.45) is 11.7 Å². The van der Waals surface area contributed by atoms with Crippen LogP contribution in [0.25, 0.3) is 0 Å². The molecule has 1 heterocycles. The molecule has 0 aliphatic carbocycles. The van der Waals surface area contributed by atoms with E-state index in [2.05, 4.69) is 5.32 Å². The molecule has 17 heavy (non-hydrogen) atoms. The van der Waals surface area contributed by atoms with Crippen molar-refractivity contribution in [3.63, 3.8) is 0 Å². The average molecular weight is 243 g/mol. The van der Waals surface area contributed by atoms with E-state index in [9.17, 15) is 14.4 Å². The lowest BCUT2D eigenvalue weighted by atomic mass is 10.0. The molecule has 1 saturated heterocycles. The summed E-state index contributed by atoms with van der Waals surface area (Å²) in [5.74, 6) is -1.75. The van der Waals surface area contributed by atoms with E-state index in [4.69, 9.17) is 10.8 Å². The molecule has 1 aliphatic rings. The van der Waals surface area contributed by atoms with Gasteiger partial charge in [0.1, 0.15) is 6.04 Å². The smallest absolute Gasteiger partial charge is 0.312 e. The number of amides is 3. The number of hydrogen-bond acceptors (Lipinski definition) is 3. The van der Waals surface area contributed by atoms with Crippen LogP contribution in [0.15, 0.2) is 0 Å². The molecule has 1 aliphatic heterocycles. The van der Waals surface area contributed by atoms with Gasteiger partial charge in [0, 0.05) is 12.6 Å². The van der Waals surface area contributed by atoms with Crippen molar-refractivity contribution in [2.75, 3.05) is 6.54 Å². The van der Waals surface area contributed by atoms with Gasteiger partial charge in [0.15, 0.2) is 0 Å². The Morgan fingerprint density at radius 3 is 2.47 bits per heavy atom. The number of likely N-dealkylation sites (tertiary alicyclic amines) is 1. The van der Waals surface area contributed by atoms with Crippen molar-refractivity contribution in [1.82, 2.24) is 10.2 Å². The molecule has 7 heteroatoms. The third kappa shape index (κ3) is 2.86. The van der Waals surface area contributed by atoms with Crippen molar-refractivity contribution in [1.29, 1.82) is 0 Å². The first-order chi connectivity index (χ1) is 7.84. The maximum absolute atomic E-state index is 11.9. The van der Waals surface area contributed by atoms with Crippen LogP contribution in [-0.4, -0.2) is 46.5 Å². The average Bonchev–Trinajstić information content (AvgIpc) is 2.57. The number of carbonyl (C=O) groups is 3. The zero-order chi connectivity index (χ0) is 13.2. The summed E-state index contributed by atoms with van der Waals surface area (Å²) in [5.41, 5.74) is 4.93. The Labute approximate surface area is 98.9 Å². The van der Waals surface area contributed by atoms with E-state index in [-0.39, 0.29) is 11.9 Å². The van der Waals surface area contributed by atoms with Crippen molar-refractivity contribution in [3.05, 3.63) is 0 Å². The van der Waals surface area contributed by atoms with E-state index in [0.29, 0.717) is 13.0 Å². The zero-order valence-electron chi connectivity index (χ0n) is 9.84. The van der Waals surface area contributed by atoms with Gasteiger partial charge in [0.05, 0.1) is 5.92 Å². The van der Waals surface area contributed by atoms with E-state index in [1.165, 1.54) is 11.8 Å². The maximum atomic E-state index is 11.9. The summed E-state index contributed by atoms with van der Waals surface area (Å²) in [6.07, 6.45) is 0.436. The molecule has 3 unspecified atom stereocenters. The number of nitrogens with zero attached hydrogens (tertiary/aromatic N) is 1. The van der Waals surface area contributed by atoms with Crippen LogP contribution in [0.5, 0.6) is 0 Å². The fourth-order valence-corrected chi connectivity index (χ4v) is 2.10. The predicted octanol–water partition coefficient (Wildman–Crippen LogP) is -0.635. The highest BCUT2D eigenvalue weighted by Gasteiger charge is 2.39. The van der Waals surface area contributed by atoms with E-state index in [0.717, 1.165) is 0 Å². The summed E-state index contributed by atoms with van der Waals surface area (Å²) in [5, 5.41) is 11.2. The molecule has 3 atom stereocenters. The van der Waals surface area contributed by atoms with Crippen LogP contribution in [0.4, 0.5) is 4.79 Å². The highest BCUT2D eigenvalue weighted by Crippen LogP contribution is 2.24. The van der Waals surface area contributed by atoms with E-state index in [1.54, 1.807) is 6.92 Å². The van der Waals surface area contributed by atoms with E-state index < -0.39 is 24.0 Å². The fraction of sp³-hybridized carbons (Fsp3) is 0.700. The molecule has 7 nitrogen and oxygen atoms in total. The number of nitrogens with two attached hydrogens (primary N) is 1. The molecular weight excluding hydrogens is 226 g/mol. The lowest BCUT2D eigenvalue weighted by molar-refractivity contribution is -0.143. The van der Waals surface area contributed by atoms with Gasteiger partial charge in [-0.05, 0) is 20.3 Å². The van der Waals surface area contributed by atoms with Crippen LogP contribution in [0.3, 0.4) is 0 Å². The summed E-state index contributed by atoms with van der Waals surface area (Å²) in [6, 6.07) is -1.87. The molecular formula is C10H17N3O4. The van der Waals surface area contributed by atoms with Crippen LogP contribution >= 0.6 is 0 Å². The van der Waals surface area contributed by atoms with Gasteiger partial charge in [-0.3, -0.25) is 9.59 Å². The van der Waals surface area contributed by atoms with Gasteiger partial charge in [0.25, 0.3) is 0 Å². The van der Waals surface area contributed by atoms with Crippen molar-refractivity contribution in [2.45, 2.75) is 32.4 Å². The van der Waals surface area contributed by atoms with Crippen molar-refractivity contribution in [3.8, 4) is 0 Å². The number of hydrogen-bond donors (Lipinski definition) is 3. The Balaban J connectivity index is 2.65. The Hall–Kier alpha value is -1.79. The van der Waals surface area contributed by atoms with Crippen LogP contribution in [0.1, 0.15) is 20.3 Å². The van der Waals surface area contributed by atoms with Crippen molar-refractivity contribution >= 4 is 17.9 Å². The van der Waals surface area contributed by atoms with Gasteiger partial charge in [-0.25, -0.2) is 4.79 Å². The minimum atomic E-state index is -0.900. The van der Waals surface area contributed by atoms with Gasteiger partial charge in [-0.2, -0.15) is 0 Å². The lowest BCUT2D eigenvalue weighted by Crippen LogP contribution is -2.50. The normalized spacial score (nSPS) is 25.4. The zero-order valence-corrected chi connectivity index (χ0v) is 9.84. The van der Waals surface area contributed by atoms with Crippen LogP contribution in [0.2, 0.25) is 0 Å². The number of carboxylic acid groups (broad SMARTS) is 1. The standard InChI is InChI=1S/C10H17N3O4/c1-5(12-10(11)17)8(14)13-4-3-7(6(13)2)9(15)16/h5-7H,3-4H2,1-2H3,(H,15,16)(H3,11,12,17). The molecule has 96 valence electrons. The van der Waals surface area contributed by atoms with Gasteiger partial charge in [0.2, 0.25) is 5.91 Å². The monoisotopic (exact) mass is 243 g/mol. The minimum Gasteiger partial charge on any atom is -0.481 e. The number of urea groups is 1. The summed E-state index contributed by atoms with van der Waals surface area (Å²) >= 11 is 0. The molecule has 0 spiro atoms. The lowest BCUT2D eigenvalue weighted by Gasteiger charge is -2.26. The van der Waals surface area contributed by atoms with Gasteiger partial charge < -0.3 is 21.1 Å². The summed E-state index contributed by atoms with van der Waals surface area (Å²) in [4.78, 5) is 34.9. The first-order valence-electron chi connectivity index (χ1n) is 5.43. The predicted molar refractivity (Wildman–Crippen MR) is 59.1 cm³/mol. The Morgan fingerprint density at radius 2 is 2.06 bits per heavy atom. The SMILES string of the molecule is CC(NC(N)=O)C(=O)N1CCC(C(=O)O)C1C. The van der Waals surface area contributed by atoms with Crippen LogP contribution in [-0.2, 0) is 9.59 Å². The molecule has 0 saturated carbocycles. The Kier molecular flexibility index (Phi) is 3.93. The first-order valence-corrected chi connectivity index (χ1v) is 5.43. The summed E-state index contributed by atoms with van der Waals surface area (Å²) in [6.45, 7) is 3.61. The number of nitrogens with one attached hydrogen (secondary N) is 1. The number of aliphatic carboxylic acids is 1. The quantitative estimate of drug-likeness (QED) is 0.612. The van der Waals surface area contributed by atoms with Crippen molar-refractivity contribution < 1.29 is 19.5 Å². The fourth-order valence-electron chi connectivity index (χ4n) is 2.10. The summed E-state index contributed by atoms with van der Waals surface area (Å²) in [7, 11) is 0. The topological polar surface area (TPSA) is 113 Å². The highest BCUT2D eigenvalue weighted by atomic mass is 16.4. The van der Waals surface area contributed by atoms with Crippen LogP contribution in [0, 0.1) is 5.92 Å². The number of primary amides is 1. The van der Waals surface area contributed by atoms with Crippen LogP contribution < -0.4 is 11.1 Å². The molecule has 0 aromatic carbocycles. The van der Waals surface area contributed by atoms with E-state index >= 15 is 0 Å². The Morgan fingerprint density at radius 1 is 1.47 bits per heavy atom. The molecule has 3 amide bonds. The summed E-state index contributed by atoms with van der Waals surface area (Å²) < 4.78 is 0. The largest absolute Gasteiger partial charge is 0.481 e. The molecule has 0 aromatic heterocycles. The molecule has 4 N–H and O–H groups in total. The molecule has 0 radical (unpaired) electrons. The van der Waals surface area contributed by atoms with Gasteiger partial charge in [-0.1, -0.05) is 0 Å². The van der Waals surface area contributed by atoms with Gasteiger partial charge in [-0.15, -0.1) is 0 Å². The van der Waals surface area contributed by atoms with E-state index in [1.807, 2.05) is 0 Å². The highest BCUT2D eigenvalue weighted by molar-refractivity contribution is 5.87. The number of rotatable bonds is 3. The second-order valence-electron chi connectivity index (χ2n) is 4.24. The minimum absolute atomic E-state index is 0.306. The third-order valence-corrected chi connectivity index (χ3v) is 3.08. The Bertz CT molecular complexity index is 344. The molecule has 1 rings (SSSR count). The third-order valence-electron chi connectivity index (χ3n) is 3.08. The molecule has 0 aromatic rings. The number of carbonyl (C=O) groups excluding carboxylic acids is 2. The van der Waals surface area contributed by atoms with Gasteiger partial charge >= 0.3 is 12.0 Å². The second-order valence-corrected chi connectivity index (χ2v) is 4.24.